The lowest BCUT2D eigenvalue weighted by molar-refractivity contribution is 0.253. The van der Waals surface area contributed by atoms with Crippen LogP contribution in [0.5, 0.6) is 0 Å². The fourth-order valence-electron chi connectivity index (χ4n) is 1.94. The van der Waals surface area contributed by atoms with Crippen LogP contribution >= 0.6 is 11.8 Å². The third-order valence-corrected chi connectivity index (χ3v) is 3.94. The van der Waals surface area contributed by atoms with E-state index in [-0.39, 0.29) is 6.61 Å². The quantitative estimate of drug-likeness (QED) is 0.517. The normalized spacial score (nSPS) is 16.4. The molecule has 1 saturated carbocycles. The van der Waals surface area contributed by atoms with E-state index in [1.165, 1.54) is 24.6 Å². The Hall–Kier alpha value is -1.01. The number of aliphatic hydroxyl groups is 1. The van der Waals surface area contributed by atoms with Crippen molar-refractivity contribution < 1.29 is 5.11 Å². The van der Waals surface area contributed by atoms with Gasteiger partial charge in [-0.15, -0.1) is 0 Å². The molecule has 0 radical (unpaired) electrons. The molecule has 0 saturated heterocycles. The van der Waals surface area contributed by atoms with Crippen molar-refractivity contribution in [2.75, 3.05) is 37.1 Å². The molecule has 1 heterocycles. The minimum atomic E-state index is 0.267. The van der Waals surface area contributed by atoms with Crippen LogP contribution in [0.25, 0.3) is 0 Å². The largest absolute Gasteiger partial charge is 0.396 e. The van der Waals surface area contributed by atoms with E-state index in [2.05, 4.69) is 20.6 Å². The first-order valence-electron chi connectivity index (χ1n) is 6.17. The molecule has 0 bridgehead atoms. The van der Waals surface area contributed by atoms with Crippen molar-refractivity contribution in [2.45, 2.75) is 24.4 Å². The minimum Gasteiger partial charge on any atom is -0.396 e. The number of aliphatic hydroxyl groups excluding tert-OH is 1. The van der Waals surface area contributed by atoms with Gasteiger partial charge >= 0.3 is 0 Å². The molecule has 1 aliphatic rings. The van der Waals surface area contributed by atoms with Crippen molar-refractivity contribution in [1.29, 1.82) is 0 Å². The van der Waals surface area contributed by atoms with Gasteiger partial charge in [0.25, 0.3) is 0 Å². The molecular formula is C12H20N4OS. The highest BCUT2D eigenvalue weighted by molar-refractivity contribution is 7.98. The SMILES string of the molecule is CNc1cc(NCC2(CCO)CC2)nc(SC)n1. The minimum absolute atomic E-state index is 0.267. The van der Waals surface area contributed by atoms with E-state index in [0.717, 1.165) is 29.8 Å². The van der Waals surface area contributed by atoms with Gasteiger partial charge < -0.3 is 15.7 Å². The lowest BCUT2D eigenvalue weighted by Crippen LogP contribution is -2.17. The summed E-state index contributed by atoms with van der Waals surface area (Å²) in [6.45, 7) is 1.14. The first kappa shape index (κ1) is 13.4. The lowest BCUT2D eigenvalue weighted by Gasteiger charge is -2.15. The van der Waals surface area contributed by atoms with Gasteiger partial charge in [-0.3, -0.25) is 0 Å². The number of nitrogens with one attached hydrogen (secondary N) is 2. The highest BCUT2D eigenvalue weighted by Gasteiger charge is 2.41. The number of hydrogen-bond acceptors (Lipinski definition) is 6. The fraction of sp³-hybridized carbons (Fsp3) is 0.667. The molecule has 18 heavy (non-hydrogen) atoms. The van der Waals surface area contributed by atoms with E-state index in [9.17, 15) is 0 Å². The van der Waals surface area contributed by atoms with Gasteiger partial charge in [0, 0.05) is 26.3 Å². The van der Waals surface area contributed by atoms with Crippen LogP contribution in [-0.2, 0) is 0 Å². The van der Waals surface area contributed by atoms with Crippen molar-refractivity contribution in [3.63, 3.8) is 0 Å². The predicted octanol–water partition coefficient (Wildman–Crippen LogP) is 1.81. The second-order valence-electron chi connectivity index (χ2n) is 4.70. The summed E-state index contributed by atoms with van der Waals surface area (Å²) in [5.74, 6) is 1.67. The Kier molecular flexibility index (Phi) is 4.29. The molecule has 6 heteroatoms. The summed E-state index contributed by atoms with van der Waals surface area (Å²) in [6.07, 6.45) is 5.23. The summed E-state index contributed by atoms with van der Waals surface area (Å²) in [5, 5.41) is 16.2. The Bertz CT molecular complexity index is 387. The van der Waals surface area contributed by atoms with Crippen LogP contribution < -0.4 is 10.6 Å². The smallest absolute Gasteiger partial charge is 0.191 e. The van der Waals surface area contributed by atoms with Gasteiger partial charge in [-0.1, -0.05) is 11.8 Å². The Labute approximate surface area is 112 Å². The molecule has 5 nitrogen and oxygen atoms in total. The van der Waals surface area contributed by atoms with Crippen molar-refractivity contribution in [1.82, 2.24) is 9.97 Å². The first-order valence-corrected chi connectivity index (χ1v) is 7.39. The molecule has 0 amide bonds. The first-order chi connectivity index (χ1) is 8.71. The van der Waals surface area contributed by atoms with Gasteiger partial charge in [-0.25, -0.2) is 9.97 Å². The third-order valence-electron chi connectivity index (χ3n) is 3.39. The maximum absolute atomic E-state index is 9.04. The van der Waals surface area contributed by atoms with Gasteiger partial charge in [0.1, 0.15) is 11.6 Å². The summed E-state index contributed by atoms with van der Waals surface area (Å²) in [6, 6.07) is 1.91. The van der Waals surface area contributed by atoms with Crippen molar-refractivity contribution in [2.24, 2.45) is 5.41 Å². The molecule has 1 aliphatic carbocycles. The zero-order chi connectivity index (χ0) is 13.0. The average molecular weight is 268 g/mol. The Morgan fingerprint density at radius 1 is 1.39 bits per heavy atom. The van der Waals surface area contributed by atoms with Gasteiger partial charge in [-0.2, -0.15) is 0 Å². The van der Waals surface area contributed by atoms with Crippen LogP contribution in [0.15, 0.2) is 11.2 Å². The average Bonchev–Trinajstić information content (AvgIpc) is 3.16. The molecule has 0 aliphatic heterocycles. The van der Waals surface area contributed by atoms with Crippen molar-refractivity contribution in [3.8, 4) is 0 Å². The Morgan fingerprint density at radius 2 is 2.11 bits per heavy atom. The topological polar surface area (TPSA) is 70.1 Å². The molecule has 0 aromatic carbocycles. The van der Waals surface area contributed by atoms with Crippen molar-refractivity contribution in [3.05, 3.63) is 6.07 Å². The predicted molar refractivity (Wildman–Crippen MR) is 75.2 cm³/mol. The standard InChI is InChI=1S/C12H20N4OS/c1-13-9-7-10(16-11(15-9)18-2)14-8-12(3-4-12)5-6-17/h7,17H,3-6,8H2,1-2H3,(H2,13,14,15,16). The molecule has 1 aromatic heterocycles. The molecular weight excluding hydrogens is 248 g/mol. The highest BCUT2D eigenvalue weighted by atomic mass is 32.2. The van der Waals surface area contributed by atoms with E-state index in [1.54, 1.807) is 0 Å². The van der Waals surface area contributed by atoms with E-state index in [4.69, 9.17) is 5.11 Å². The molecule has 0 atom stereocenters. The van der Waals surface area contributed by atoms with E-state index in [0.29, 0.717) is 5.41 Å². The molecule has 3 N–H and O–H groups in total. The van der Waals surface area contributed by atoms with Crippen LogP contribution in [0.1, 0.15) is 19.3 Å². The maximum atomic E-state index is 9.04. The number of hydrogen-bond donors (Lipinski definition) is 3. The molecule has 1 fully saturated rings. The van der Waals surface area contributed by atoms with Gasteiger partial charge in [0.2, 0.25) is 0 Å². The van der Waals surface area contributed by atoms with Gasteiger partial charge in [0.15, 0.2) is 5.16 Å². The second kappa shape index (κ2) is 5.75. The lowest BCUT2D eigenvalue weighted by atomic mass is 10.0. The van der Waals surface area contributed by atoms with Crippen LogP contribution in [0, 0.1) is 5.41 Å². The summed E-state index contributed by atoms with van der Waals surface area (Å²) >= 11 is 1.53. The van der Waals surface area contributed by atoms with E-state index in [1.807, 2.05) is 19.4 Å². The Balaban J connectivity index is 2.00. The third kappa shape index (κ3) is 3.26. The maximum Gasteiger partial charge on any atom is 0.191 e. The zero-order valence-corrected chi connectivity index (χ0v) is 11.7. The van der Waals surface area contributed by atoms with Gasteiger partial charge in [0.05, 0.1) is 0 Å². The monoisotopic (exact) mass is 268 g/mol. The summed E-state index contributed by atoms with van der Waals surface area (Å²) in [4.78, 5) is 8.76. The summed E-state index contributed by atoms with van der Waals surface area (Å²) in [7, 11) is 1.85. The van der Waals surface area contributed by atoms with Crippen LogP contribution in [0.3, 0.4) is 0 Å². The van der Waals surface area contributed by atoms with E-state index >= 15 is 0 Å². The molecule has 100 valence electrons. The number of rotatable bonds is 7. The fourth-order valence-corrected chi connectivity index (χ4v) is 2.32. The molecule has 0 spiro atoms. The van der Waals surface area contributed by atoms with Crippen LogP contribution in [-0.4, -0.2) is 41.5 Å². The highest BCUT2D eigenvalue weighted by Crippen LogP contribution is 2.48. The number of nitrogens with zero attached hydrogens (tertiary/aromatic N) is 2. The molecule has 1 aromatic rings. The number of aromatic nitrogens is 2. The number of thioether (sulfide) groups is 1. The molecule has 0 unspecified atom stereocenters. The second-order valence-corrected chi connectivity index (χ2v) is 5.48. The van der Waals surface area contributed by atoms with Crippen LogP contribution in [0.4, 0.5) is 11.6 Å². The van der Waals surface area contributed by atoms with Crippen LogP contribution in [0.2, 0.25) is 0 Å². The van der Waals surface area contributed by atoms with Gasteiger partial charge in [-0.05, 0) is 30.9 Å². The molecule has 2 rings (SSSR count). The summed E-state index contributed by atoms with van der Waals surface area (Å²) < 4.78 is 0. The zero-order valence-electron chi connectivity index (χ0n) is 10.9. The number of anilines is 2. The Morgan fingerprint density at radius 3 is 2.67 bits per heavy atom. The summed E-state index contributed by atoms with van der Waals surface area (Å²) in [5.41, 5.74) is 0.291. The van der Waals surface area contributed by atoms with Crippen molar-refractivity contribution >= 4 is 23.4 Å². The van der Waals surface area contributed by atoms with E-state index < -0.39 is 0 Å².